The molecule has 1 aromatic rings. The van der Waals surface area contributed by atoms with E-state index in [1.54, 1.807) is 0 Å². The second-order valence-electron chi connectivity index (χ2n) is 6.11. The fourth-order valence-corrected chi connectivity index (χ4v) is 3.03. The maximum Gasteiger partial charge on any atom is 0.225 e. The lowest BCUT2D eigenvalue weighted by molar-refractivity contribution is -0.127. The lowest BCUT2D eigenvalue weighted by Crippen LogP contribution is -2.37. The number of carbonyl (C=O) groups excluding carboxylic acids is 1. The summed E-state index contributed by atoms with van der Waals surface area (Å²) in [5, 5.41) is 12.8. The van der Waals surface area contributed by atoms with Crippen LogP contribution in [0.3, 0.4) is 0 Å². The van der Waals surface area contributed by atoms with Gasteiger partial charge in [-0.25, -0.2) is 0 Å². The molecule has 0 spiro atoms. The van der Waals surface area contributed by atoms with Crippen LogP contribution in [0.25, 0.3) is 0 Å². The Bertz CT molecular complexity index is 430. The molecule has 20 heavy (non-hydrogen) atoms. The molecule has 0 aliphatic heterocycles. The van der Waals surface area contributed by atoms with E-state index >= 15 is 0 Å². The molecule has 2 rings (SSSR count). The second-order valence-corrected chi connectivity index (χ2v) is 6.11. The van der Waals surface area contributed by atoms with Gasteiger partial charge in [-0.1, -0.05) is 44.2 Å². The Morgan fingerprint density at radius 2 is 2.00 bits per heavy atom. The van der Waals surface area contributed by atoms with Crippen molar-refractivity contribution in [2.75, 3.05) is 6.54 Å². The Morgan fingerprint density at radius 1 is 1.30 bits per heavy atom. The Morgan fingerprint density at radius 3 is 2.55 bits per heavy atom. The van der Waals surface area contributed by atoms with Crippen LogP contribution in [0.2, 0.25) is 0 Å². The predicted octanol–water partition coefficient (Wildman–Crippen LogP) is 2.70. The maximum absolute atomic E-state index is 12.1. The third-order valence-corrected chi connectivity index (χ3v) is 4.34. The summed E-state index contributed by atoms with van der Waals surface area (Å²) in [6.07, 6.45) is 2.06. The van der Waals surface area contributed by atoms with Crippen LogP contribution in [0.1, 0.15) is 44.6 Å². The normalized spacial score (nSPS) is 23.8. The van der Waals surface area contributed by atoms with Gasteiger partial charge in [0.2, 0.25) is 5.91 Å². The number of hydrogen-bond acceptors (Lipinski definition) is 2. The molecule has 2 N–H and O–H groups in total. The first-order valence-corrected chi connectivity index (χ1v) is 7.60. The highest BCUT2D eigenvalue weighted by Crippen LogP contribution is 2.27. The van der Waals surface area contributed by atoms with Crippen molar-refractivity contribution in [2.24, 2.45) is 11.8 Å². The van der Waals surface area contributed by atoms with Crippen molar-refractivity contribution in [1.82, 2.24) is 5.32 Å². The first-order valence-electron chi connectivity index (χ1n) is 7.60. The van der Waals surface area contributed by atoms with Gasteiger partial charge in [0, 0.05) is 12.5 Å². The van der Waals surface area contributed by atoms with Gasteiger partial charge in [-0.05, 0) is 30.7 Å². The summed E-state index contributed by atoms with van der Waals surface area (Å²) in [6, 6.07) is 10.3. The lowest BCUT2D eigenvalue weighted by atomic mass is 9.88. The highest BCUT2D eigenvalue weighted by atomic mass is 16.3. The van der Waals surface area contributed by atoms with Gasteiger partial charge < -0.3 is 10.4 Å². The highest BCUT2D eigenvalue weighted by molar-refractivity contribution is 5.79. The van der Waals surface area contributed by atoms with Gasteiger partial charge in [-0.15, -0.1) is 0 Å². The van der Waals surface area contributed by atoms with E-state index in [-0.39, 0.29) is 11.8 Å². The summed E-state index contributed by atoms with van der Waals surface area (Å²) in [7, 11) is 0. The van der Waals surface area contributed by atoms with Crippen LogP contribution in [0.15, 0.2) is 30.3 Å². The zero-order valence-corrected chi connectivity index (χ0v) is 12.4. The fraction of sp³-hybridized carbons (Fsp3) is 0.588. The Labute approximate surface area is 121 Å². The smallest absolute Gasteiger partial charge is 0.225 e. The van der Waals surface area contributed by atoms with Crippen LogP contribution in [-0.2, 0) is 4.79 Å². The van der Waals surface area contributed by atoms with Crippen molar-refractivity contribution >= 4 is 5.91 Å². The molecule has 1 amide bonds. The average molecular weight is 275 g/mol. The molecule has 0 aromatic heterocycles. The summed E-state index contributed by atoms with van der Waals surface area (Å²) >= 11 is 0. The molecule has 1 fully saturated rings. The number of aliphatic hydroxyl groups is 1. The van der Waals surface area contributed by atoms with E-state index in [9.17, 15) is 9.90 Å². The van der Waals surface area contributed by atoms with Crippen molar-refractivity contribution in [3.63, 3.8) is 0 Å². The summed E-state index contributed by atoms with van der Waals surface area (Å²) in [6.45, 7) is 4.99. The number of hydrogen-bond donors (Lipinski definition) is 2. The van der Waals surface area contributed by atoms with Gasteiger partial charge in [0.1, 0.15) is 0 Å². The molecule has 0 bridgehead atoms. The molecular formula is C17H25NO2. The molecule has 3 heteroatoms. The van der Waals surface area contributed by atoms with Crippen molar-refractivity contribution in [2.45, 2.75) is 45.1 Å². The van der Waals surface area contributed by atoms with Crippen LogP contribution in [0, 0.1) is 11.8 Å². The number of amides is 1. The third-order valence-electron chi connectivity index (χ3n) is 4.34. The number of benzene rings is 1. The van der Waals surface area contributed by atoms with E-state index in [0.29, 0.717) is 18.4 Å². The topological polar surface area (TPSA) is 49.3 Å². The molecule has 1 aromatic carbocycles. The van der Waals surface area contributed by atoms with E-state index < -0.39 is 6.10 Å². The zero-order chi connectivity index (χ0) is 14.5. The van der Waals surface area contributed by atoms with Crippen molar-refractivity contribution in [3.8, 4) is 0 Å². The standard InChI is InChI=1S/C17H25NO2/c1-12(2)15(13-7-4-3-5-8-13)11-18-17(20)14-9-6-10-16(14)19/h3-5,7-8,12,14-16,19H,6,9-11H2,1-2H3,(H,18,20). The second kappa shape index (κ2) is 6.89. The van der Waals surface area contributed by atoms with Crippen LogP contribution in [-0.4, -0.2) is 23.7 Å². The summed E-state index contributed by atoms with van der Waals surface area (Å²) in [5.41, 5.74) is 1.26. The molecule has 1 aliphatic carbocycles. The molecule has 3 unspecified atom stereocenters. The lowest BCUT2D eigenvalue weighted by Gasteiger charge is -2.23. The molecule has 110 valence electrons. The predicted molar refractivity (Wildman–Crippen MR) is 80.4 cm³/mol. The van der Waals surface area contributed by atoms with Gasteiger partial charge in [0.05, 0.1) is 12.0 Å². The zero-order valence-electron chi connectivity index (χ0n) is 12.4. The van der Waals surface area contributed by atoms with Crippen molar-refractivity contribution in [1.29, 1.82) is 0 Å². The Balaban J connectivity index is 1.94. The van der Waals surface area contributed by atoms with E-state index in [0.717, 1.165) is 19.3 Å². The van der Waals surface area contributed by atoms with Crippen LogP contribution >= 0.6 is 0 Å². The Hall–Kier alpha value is -1.35. The van der Waals surface area contributed by atoms with Crippen LogP contribution in [0.5, 0.6) is 0 Å². The Kier molecular flexibility index (Phi) is 5.18. The number of aliphatic hydroxyl groups excluding tert-OH is 1. The molecular weight excluding hydrogens is 250 g/mol. The molecule has 0 heterocycles. The maximum atomic E-state index is 12.1. The van der Waals surface area contributed by atoms with Gasteiger partial charge in [0.15, 0.2) is 0 Å². The first-order chi connectivity index (χ1) is 9.59. The summed E-state index contributed by atoms with van der Waals surface area (Å²) in [4.78, 5) is 12.1. The van der Waals surface area contributed by atoms with E-state index in [1.807, 2.05) is 18.2 Å². The van der Waals surface area contributed by atoms with Gasteiger partial charge in [0.25, 0.3) is 0 Å². The molecule has 0 radical (unpaired) electrons. The largest absolute Gasteiger partial charge is 0.392 e. The molecule has 3 nitrogen and oxygen atoms in total. The average Bonchev–Trinajstić information content (AvgIpc) is 2.86. The highest BCUT2D eigenvalue weighted by Gasteiger charge is 2.31. The van der Waals surface area contributed by atoms with Gasteiger partial charge in [-0.3, -0.25) is 4.79 Å². The number of rotatable bonds is 5. The minimum atomic E-state index is -0.454. The molecule has 1 saturated carbocycles. The minimum absolute atomic E-state index is 0.0107. The van der Waals surface area contributed by atoms with Gasteiger partial charge in [-0.2, -0.15) is 0 Å². The number of carbonyl (C=O) groups is 1. The quantitative estimate of drug-likeness (QED) is 0.868. The SMILES string of the molecule is CC(C)C(CNC(=O)C1CCCC1O)c1ccccc1. The molecule has 0 saturated heterocycles. The molecule has 3 atom stereocenters. The fourth-order valence-electron chi connectivity index (χ4n) is 3.03. The summed E-state index contributed by atoms with van der Waals surface area (Å²) in [5.74, 6) is 0.583. The number of nitrogens with one attached hydrogen (secondary N) is 1. The molecule has 1 aliphatic rings. The first kappa shape index (κ1) is 15.0. The summed E-state index contributed by atoms with van der Waals surface area (Å²) < 4.78 is 0. The monoisotopic (exact) mass is 275 g/mol. The third kappa shape index (κ3) is 3.60. The van der Waals surface area contributed by atoms with Crippen LogP contribution < -0.4 is 5.32 Å². The van der Waals surface area contributed by atoms with E-state index in [4.69, 9.17) is 0 Å². The van der Waals surface area contributed by atoms with Crippen molar-refractivity contribution < 1.29 is 9.90 Å². The van der Waals surface area contributed by atoms with E-state index in [1.165, 1.54) is 5.56 Å². The minimum Gasteiger partial charge on any atom is -0.392 e. The van der Waals surface area contributed by atoms with Crippen molar-refractivity contribution in [3.05, 3.63) is 35.9 Å². The van der Waals surface area contributed by atoms with Crippen LogP contribution in [0.4, 0.5) is 0 Å². The van der Waals surface area contributed by atoms with Gasteiger partial charge >= 0.3 is 0 Å². The van der Waals surface area contributed by atoms with E-state index in [2.05, 4.69) is 31.3 Å².